The molecule has 1 saturated carbocycles. The Morgan fingerprint density at radius 3 is 1.48 bits per heavy atom. The van der Waals surface area contributed by atoms with Gasteiger partial charge >= 0.3 is 0 Å². The first kappa shape index (κ1) is 17.5. The second-order valence-electron chi connectivity index (χ2n) is 4.58. The fraction of sp³-hybridized carbons (Fsp3) is 0.235. The third kappa shape index (κ3) is 8.38. The van der Waals surface area contributed by atoms with E-state index in [0.29, 0.717) is 10.6 Å². The molecule has 2 N–H and O–H groups in total. The first-order valence-corrected chi connectivity index (χ1v) is 7.61. The van der Waals surface area contributed by atoms with Gasteiger partial charge in [0, 0.05) is 15.6 Å². The summed E-state index contributed by atoms with van der Waals surface area (Å²) in [5, 5.41) is 1.40. The van der Waals surface area contributed by atoms with E-state index >= 15 is 0 Å². The fourth-order valence-corrected chi connectivity index (χ4v) is 1.55. The van der Waals surface area contributed by atoms with Crippen molar-refractivity contribution < 1.29 is 4.79 Å². The number of rotatable bonds is 1. The number of carbonyl (C=O) groups is 1. The number of amides is 1. The Kier molecular flexibility index (Phi) is 8.56. The molecule has 1 amide bonds. The van der Waals surface area contributed by atoms with Crippen LogP contribution in [0.4, 0.5) is 0 Å². The summed E-state index contributed by atoms with van der Waals surface area (Å²) in [5.41, 5.74) is 5.46. The molecule has 112 valence electrons. The van der Waals surface area contributed by atoms with Crippen LogP contribution in [0.2, 0.25) is 10.0 Å². The molecule has 21 heavy (non-hydrogen) atoms. The predicted octanol–water partition coefficient (Wildman–Crippen LogP) is 5.34. The molecule has 0 spiro atoms. The zero-order valence-electron chi connectivity index (χ0n) is 11.8. The third-order valence-electron chi connectivity index (χ3n) is 2.86. The second-order valence-corrected chi connectivity index (χ2v) is 5.45. The van der Waals surface area contributed by atoms with Crippen molar-refractivity contribution in [3.05, 3.63) is 70.2 Å². The van der Waals surface area contributed by atoms with Crippen LogP contribution in [0.1, 0.15) is 36.0 Å². The van der Waals surface area contributed by atoms with Gasteiger partial charge in [0.15, 0.2) is 0 Å². The molecule has 1 aliphatic rings. The summed E-state index contributed by atoms with van der Waals surface area (Å²) in [5.74, 6) is -0.434. The number of hydrogen-bond donors (Lipinski definition) is 1. The molecule has 0 bridgehead atoms. The van der Waals surface area contributed by atoms with Crippen molar-refractivity contribution in [2.75, 3.05) is 0 Å². The molecule has 0 radical (unpaired) electrons. The van der Waals surface area contributed by atoms with Crippen molar-refractivity contribution >= 4 is 29.1 Å². The number of nitrogens with two attached hydrogens (primary N) is 1. The van der Waals surface area contributed by atoms with Gasteiger partial charge in [0.2, 0.25) is 5.91 Å². The minimum atomic E-state index is -0.434. The van der Waals surface area contributed by atoms with Crippen LogP contribution in [-0.2, 0) is 0 Å². The van der Waals surface area contributed by atoms with Gasteiger partial charge in [-0.15, -0.1) is 0 Å². The van der Waals surface area contributed by atoms with Crippen LogP contribution in [0.15, 0.2) is 54.6 Å². The second kappa shape index (κ2) is 10.3. The summed E-state index contributed by atoms with van der Waals surface area (Å²) in [6.07, 6.45) is 6.00. The third-order valence-corrected chi connectivity index (χ3v) is 3.37. The molecule has 2 nitrogen and oxygen atoms in total. The molecule has 0 atom stereocenters. The Labute approximate surface area is 135 Å². The van der Waals surface area contributed by atoms with Gasteiger partial charge in [-0.05, 0) is 36.4 Å². The van der Waals surface area contributed by atoms with E-state index in [1.54, 1.807) is 24.3 Å². The first-order chi connectivity index (χ1) is 10.1. The standard InChI is InChI=1S/C7H6ClNO.C6H5Cl.C4H8/c8-6-3-1-5(2-4-6)7(9)10;7-6-4-2-1-3-5-6;1-2-4-3-1/h1-4H,(H2,9,10);1-5H;1-4H2. The van der Waals surface area contributed by atoms with Gasteiger partial charge in [0.05, 0.1) is 0 Å². The highest BCUT2D eigenvalue weighted by Crippen LogP contribution is 2.15. The molecule has 1 fully saturated rings. The topological polar surface area (TPSA) is 43.1 Å². The molecule has 0 aliphatic heterocycles. The Hall–Kier alpha value is -1.51. The van der Waals surface area contributed by atoms with E-state index in [9.17, 15) is 4.79 Å². The zero-order chi connectivity index (χ0) is 15.5. The number of halogens is 2. The lowest BCUT2D eigenvalue weighted by atomic mass is 10.0. The van der Waals surface area contributed by atoms with Crippen LogP contribution in [0.25, 0.3) is 0 Å². The number of carbonyl (C=O) groups excluding carboxylic acids is 1. The minimum Gasteiger partial charge on any atom is -0.366 e. The summed E-state index contributed by atoms with van der Waals surface area (Å²) in [6, 6.07) is 15.9. The Morgan fingerprint density at radius 2 is 1.19 bits per heavy atom. The Morgan fingerprint density at radius 1 is 0.762 bits per heavy atom. The van der Waals surface area contributed by atoms with Crippen LogP contribution >= 0.6 is 23.2 Å². The van der Waals surface area contributed by atoms with Gasteiger partial charge in [-0.2, -0.15) is 0 Å². The van der Waals surface area contributed by atoms with Crippen molar-refractivity contribution in [3.8, 4) is 0 Å². The molecular formula is C17H19Cl2NO. The molecule has 2 aromatic carbocycles. The van der Waals surface area contributed by atoms with Crippen molar-refractivity contribution in [2.45, 2.75) is 25.7 Å². The lowest BCUT2D eigenvalue weighted by Gasteiger charge is -2.05. The maximum atomic E-state index is 10.5. The highest BCUT2D eigenvalue weighted by atomic mass is 35.5. The van der Waals surface area contributed by atoms with Gasteiger partial charge in [0.1, 0.15) is 0 Å². The van der Waals surface area contributed by atoms with E-state index in [4.69, 9.17) is 28.9 Å². The average molecular weight is 324 g/mol. The molecule has 3 rings (SSSR count). The average Bonchev–Trinajstić information content (AvgIpc) is 2.39. The Balaban J connectivity index is 0.000000173. The minimum absolute atomic E-state index is 0.434. The molecular weight excluding hydrogens is 305 g/mol. The smallest absolute Gasteiger partial charge is 0.248 e. The van der Waals surface area contributed by atoms with Crippen molar-refractivity contribution in [3.63, 3.8) is 0 Å². The van der Waals surface area contributed by atoms with Crippen LogP contribution in [-0.4, -0.2) is 5.91 Å². The quantitative estimate of drug-likeness (QED) is 0.756. The normalized spacial score (nSPS) is 11.9. The van der Waals surface area contributed by atoms with Crippen molar-refractivity contribution in [1.82, 2.24) is 0 Å². The Bertz CT molecular complexity index is 518. The molecule has 0 saturated heterocycles. The van der Waals surface area contributed by atoms with E-state index < -0.39 is 5.91 Å². The summed E-state index contributed by atoms with van der Waals surface area (Å²) in [7, 11) is 0. The van der Waals surface area contributed by atoms with Crippen LogP contribution in [0.3, 0.4) is 0 Å². The van der Waals surface area contributed by atoms with Crippen LogP contribution < -0.4 is 5.73 Å². The summed E-state index contributed by atoms with van der Waals surface area (Å²) in [6.45, 7) is 0. The number of benzene rings is 2. The van der Waals surface area contributed by atoms with E-state index in [0.717, 1.165) is 5.02 Å². The first-order valence-electron chi connectivity index (χ1n) is 6.85. The van der Waals surface area contributed by atoms with Crippen LogP contribution in [0.5, 0.6) is 0 Å². The predicted molar refractivity (Wildman–Crippen MR) is 89.9 cm³/mol. The van der Waals surface area contributed by atoms with Gasteiger partial charge in [0.25, 0.3) is 0 Å². The van der Waals surface area contributed by atoms with Crippen molar-refractivity contribution in [1.29, 1.82) is 0 Å². The van der Waals surface area contributed by atoms with Crippen LogP contribution in [0, 0.1) is 0 Å². The molecule has 0 heterocycles. The lowest BCUT2D eigenvalue weighted by molar-refractivity contribution is 0.100. The molecule has 2 aromatic rings. The van der Waals surface area contributed by atoms with Gasteiger partial charge in [-0.1, -0.05) is 67.1 Å². The highest BCUT2D eigenvalue weighted by Gasteiger charge is 1.96. The van der Waals surface area contributed by atoms with E-state index in [1.165, 1.54) is 25.7 Å². The molecule has 1 aliphatic carbocycles. The zero-order valence-corrected chi connectivity index (χ0v) is 13.3. The van der Waals surface area contributed by atoms with E-state index in [2.05, 4.69) is 0 Å². The number of hydrogen-bond acceptors (Lipinski definition) is 1. The number of primary amides is 1. The van der Waals surface area contributed by atoms with Gasteiger partial charge in [-0.25, -0.2) is 0 Å². The summed E-state index contributed by atoms with van der Waals surface area (Å²) < 4.78 is 0. The maximum absolute atomic E-state index is 10.5. The monoisotopic (exact) mass is 323 g/mol. The van der Waals surface area contributed by atoms with Gasteiger partial charge < -0.3 is 5.73 Å². The summed E-state index contributed by atoms with van der Waals surface area (Å²) in [4.78, 5) is 10.5. The fourth-order valence-electron chi connectivity index (χ4n) is 1.28. The maximum Gasteiger partial charge on any atom is 0.248 e. The van der Waals surface area contributed by atoms with E-state index in [1.807, 2.05) is 30.3 Å². The summed E-state index contributed by atoms with van der Waals surface area (Å²) >= 11 is 11.1. The molecule has 0 unspecified atom stereocenters. The van der Waals surface area contributed by atoms with Gasteiger partial charge in [-0.3, -0.25) is 4.79 Å². The highest BCUT2D eigenvalue weighted by molar-refractivity contribution is 6.30. The lowest BCUT2D eigenvalue weighted by Crippen LogP contribution is -2.10. The van der Waals surface area contributed by atoms with E-state index in [-0.39, 0.29) is 0 Å². The largest absolute Gasteiger partial charge is 0.366 e. The molecule has 4 heteroatoms. The van der Waals surface area contributed by atoms with Crippen molar-refractivity contribution in [2.24, 2.45) is 5.73 Å². The molecule has 0 aromatic heterocycles. The SMILES string of the molecule is C1CCC1.Clc1ccccc1.NC(=O)c1ccc(Cl)cc1.